The van der Waals surface area contributed by atoms with Crippen molar-refractivity contribution in [3.05, 3.63) is 179 Å². The average molecular weight is 702 g/mol. The van der Waals surface area contributed by atoms with E-state index in [1.807, 2.05) is 152 Å². The highest BCUT2D eigenvalue weighted by Crippen LogP contribution is 2.34. The van der Waals surface area contributed by atoms with Gasteiger partial charge in [0.15, 0.2) is 6.04 Å². The van der Waals surface area contributed by atoms with Gasteiger partial charge in [-0.1, -0.05) is 152 Å². The third-order valence-corrected chi connectivity index (χ3v) is 8.92. The smallest absolute Gasteiger partial charge is 0.411 e. The van der Waals surface area contributed by atoms with Crippen molar-refractivity contribution in [2.75, 3.05) is 6.61 Å². The second kappa shape index (κ2) is 18.8. The summed E-state index contributed by atoms with van der Waals surface area (Å²) in [6.45, 7) is 0.519. The summed E-state index contributed by atoms with van der Waals surface area (Å²) in [6, 6.07) is 45.2. The maximum absolute atomic E-state index is 14.3. The van der Waals surface area contributed by atoms with E-state index in [1.54, 1.807) is 0 Å². The molecule has 0 spiro atoms. The van der Waals surface area contributed by atoms with Crippen LogP contribution in [0, 0.1) is 0 Å². The van der Waals surface area contributed by atoms with Crippen molar-refractivity contribution in [2.45, 2.75) is 63.4 Å². The maximum atomic E-state index is 14.3. The Kier molecular flexibility index (Phi) is 13.2. The number of hydrogen-bond acceptors (Lipinski definition) is 7. The Morgan fingerprint density at radius 2 is 0.846 bits per heavy atom. The highest BCUT2D eigenvalue weighted by molar-refractivity contribution is 5.81. The second-order valence-electron chi connectivity index (χ2n) is 12.6. The number of carboxylic acids is 1. The summed E-state index contributed by atoms with van der Waals surface area (Å²) in [5.74, 6) is -1.27. The van der Waals surface area contributed by atoms with E-state index in [-0.39, 0.29) is 39.6 Å². The van der Waals surface area contributed by atoms with Gasteiger partial charge >= 0.3 is 12.1 Å². The topological polar surface area (TPSA) is 104 Å². The number of nitrogens with zero attached hydrogens (tertiary/aromatic N) is 1. The van der Waals surface area contributed by atoms with E-state index in [1.165, 1.54) is 4.90 Å². The fourth-order valence-corrected chi connectivity index (χ4v) is 6.34. The zero-order valence-electron chi connectivity index (χ0n) is 28.8. The first-order valence-corrected chi connectivity index (χ1v) is 17.4. The average Bonchev–Trinajstić information content (AvgIpc) is 3.19. The summed E-state index contributed by atoms with van der Waals surface area (Å²) in [5.41, 5.74) is 4.30. The van der Waals surface area contributed by atoms with E-state index >= 15 is 0 Å². The number of ether oxygens (including phenoxy) is 5. The summed E-state index contributed by atoms with van der Waals surface area (Å²) >= 11 is 0. The second-order valence-corrected chi connectivity index (χ2v) is 12.6. The molecule has 1 heterocycles. The highest BCUT2D eigenvalue weighted by atomic mass is 16.6. The van der Waals surface area contributed by atoms with Gasteiger partial charge in [-0.05, 0) is 27.8 Å². The van der Waals surface area contributed by atoms with E-state index in [0.717, 1.165) is 27.8 Å². The van der Waals surface area contributed by atoms with Crippen molar-refractivity contribution in [2.24, 2.45) is 0 Å². The summed E-state index contributed by atoms with van der Waals surface area (Å²) in [7, 11) is 0. The molecule has 5 atom stereocenters. The Labute approximate surface area is 304 Å². The van der Waals surface area contributed by atoms with E-state index in [4.69, 9.17) is 23.7 Å². The van der Waals surface area contributed by atoms with Gasteiger partial charge in [-0.25, -0.2) is 9.59 Å². The lowest BCUT2D eigenvalue weighted by Crippen LogP contribution is -2.72. The molecule has 5 aromatic rings. The predicted octanol–water partition coefficient (Wildman–Crippen LogP) is 7.43. The van der Waals surface area contributed by atoms with Gasteiger partial charge in [-0.3, -0.25) is 4.90 Å². The fourth-order valence-electron chi connectivity index (χ4n) is 6.34. The van der Waals surface area contributed by atoms with E-state index in [0.29, 0.717) is 0 Å². The van der Waals surface area contributed by atoms with E-state index in [2.05, 4.69) is 0 Å². The first-order valence-electron chi connectivity index (χ1n) is 17.4. The van der Waals surface area contributed by atoms with Crippen LogP contribution in [0.25, 0.3) is 0 Å². The normalized spacial score (nSPS) is 19.9. The van der Waals surface area contributed by atoms with Crippen molar-refractivity contribution in [3.63, 3.8) is 0 Å². The molecule has 9 nitrogen and oxygen atoms in total. The van der Waals surface area contributed by atoms with Crippen molar-refractivity contribution in [3.8, 4) is 0 Å². The molecular formula is C43H43NO8. The molecule has 0 aromatic heterocycles. The molecule has 1 saturated heterocycles. The maximum Gasteiger partial charge on any atom is 0.411 e. The number of hydrogen-bond donors (Lipinski definition) is 1. The number of rotatable bonds is 16. The van der Waals surface area contributed by atoms with Crippen LogP contribution in [-0.4, -0.2) is 59.1 Å². The van der Waals surface area contributed by atoms with Crippen molar-refractivity contribution < 1.29 is 38.4 Å². The Bertz CT molecular complexity index is 1790. The van der Waals surface area contributed by atoms with Crippen LogP contribution in [0.2, 0.25) is 0 Å². The van der Waals surface area contributed by atoms with Crippen molar-refractivity contribution in [1.82, 2.24) is 4.90 Å². The van der Waals surface area contributed by atoms with Gasteiger partial charge in [0.1, 0.15) is 24.9 Å². The lowest BCUT2D eigenvalue weighted by molar-refractivity contribution is -0.226. The number of amides is 1. The molecule has 52 heavy (non-hydrogen) atoms. The number of aliphatic carboxylic acids is 1. The molecule has 1 N–H and O–H groups in total. The minimum absolute atomic E-state index is 0.0564. The van der Waals surface area contributed by atoms with Crippen LogP contribution in [0.15, 0.2) is 152 Å². The standard InChI is InChI=1S/C43H43NO8/c45-42(46)38-40(50-28-34-20-10-3-11-21-34)41(51-29-35-22-12-4-13-23-35)39(49-27-33-18-8-2-9-19-33)37(31-48-26-32-16-6-1-7-17-32)44(38)43(47)52-30-36-24-14-5-15-25-36/h1-25,37-41H,26-31H2,(H,45,46)/t37-,38-,39-,40-,41-/m0/s1. The molecule has 5 aromatic carbocycles. The van der Waals surface area contributed by atoms with Crippen LogP contribution in [0.5, 0.6) is 0 Å². The summed E-state index contributed by atoms with van der Waals surface area (Å²) in [4.78, 5) is 29.0. The summed E-state index contributed by atoms with van der Waals surface area (Å²) in [6.07, 6.45) is -3.80. The SMILES string of the molecule is O=C(O)[C@@H]1[C@H](OCc2ccccc2)[C@@H](OCc2ccccc2)[C@@H](OCc2ccccc2)[C@H](COCc2ccccc2)N1C(=O)OCc1ccccc1. The first kappa shape index (κ1) is 36.5. The van der Waals surface area contributed by atoms with Crippen LogP contribution in [0.4, 0.5) is 4.79 Å². The molecule has 268 valence electrons. The predicted molar refractivity (Wildman–Crippen MR) is 195 cm³/mol. The third-order valence-electron chi connectivity index (χ3n) is 8.92. The number of piperidine rings is 1. The third kappa shape index (κ3) is 9.92. The molecule has 0 radical (unpaired) electrons. The monoisotopic (exact) mass is 701 g/mol. The van der Waals surface area contributed by atoms with Crippen LogP contribution in [-0.2, 0) is 61.5 Å². The molecule has 1 aliphatic rings. The summed E-state index contributed by atoms with van der Waals surface area (Å²) in [5, 5.41) is 11.0. The molecule has 0 bridgehead atoms. The lowest BCUT2D eigenvalue weighted by atomic mass is 9.87. The lowest BCUT2D eigenvalue weighted by Gasteiger charge is -2.50. The van der Waals surface area contributed by atoms with Gasteiger partial charge in [0, 0.05) is 0 Å². The quantitative estimate of drug-likeness (QED) is 0.113. The Morgan fingerprint density at radius 1 is 0.481 bits per heavy atom. The zero-order valence-corrected chi connectivity index (χ0v) is 28.8. The Morgan fingerprint density at radius 3 is 1.27 bits per heavy atom. The molecule has 1 fully saturated rings. The van der Waals surface area contributed by atoms with Crippen LogP contribution in [0.1, 0.15) is 27.8 Å². The van der Waals surface area contributed by atoms with Crippen LogP contribution in [0.3, 0.4) is 0 Å². The molecular weight excluding hydrogens is 658 g/mol. The molecule has 9 heteroatoms. The van der Waals surface area contributed by atoms with Gasteiger partial charge in [0.25, 0.3) is 0 Å². The van der Waals surface area contributed by atoms with Crippen LogP contribution < -0.4 is 0 Å². The molecule has 0 aliphatic carbocycles. The zero-order chi connectivity index (χ0) is 36.0. The molecule has 0 saturated carbocycles. The fraction of sp³-hybridized carbons (Fsp3) is 0.256. The minimum atomic E-state index is -1.50. The number of likely N-dealkylation sites (tertiary alicyclic amines) is 1. The largest absolute Gasteiger partial charge is 0.480 e. The van der Waals surface area contributed by atoms with Crippen molar-refractivity contribution >= 4 is 12.1 Å². The van der Waals surface area contributed by atoms with Gasteiger partial charge in [0.2, 0.25) is 0 Å². The van der Waals surface area contributed by atoms with Crippen LogP contribution >= 0.6 is 0 Å². The Balaban J connectivity index is 1.39. The van der Waals surface area contributed by atoms with Crippen molar-refractivity contribution in [1.29, 1.82) is 0 Å². The molecule has 1 amide bonds. The minimum Gasteiger partial charge on any atom is -0.480 e. The summed E-state index contributed by atoms with van der Waals surface area (Å²) < 4.78 is 32.0. The number of carboxylic acid groups (broad SMARTS) is 1. The van der Waals surface area contributed by atoms with E-state index in [9.17, 15) is 14.7 Å². The number of carbonyl (C=O) groups excluding carboxylic acids is 1. The number of benzene rings is 5. The van der Waals surface area contributed by atoms with Gasteiger partial charge < -0.3 is 28.8 Å². The molecule has 0 unspecified atom stereocenters. The molecule has 6 rings (SSSR count). The Hall–Kier alpha value is -5.32. The molecule has 1 aliphatic heterocycles. The van der Waals surface area contributed by atoms with Gasteiger partial charge in [-0.15, -0.1) is 0 Å². The first-order chi connectivity index (χ1) is 25.6. The van der Waals surface area contributed by atoms with Gasteiger partial charge in [-0.2, -0.15) is 0 Å². The highest BCUT2D eigenvalue weighted by Gasteiger charge is 2.56. The van der Waals surface area contributed by atoms with Gasteiger partial charge in [0.05, 0.1) is 39.1 Å². The number of carbonyl (C=O) groups is 2. The van der Waals surface area contributed by atoms with E-state index < -0.39 is 42.5 Å².